The number of nitrogens with zero attached hydrogens (tertiary/aromatic N) is 2. The zero-order chi connectivity index (χ0) is 21.0. The molecular weight excluding hydrogens is 396 g/mol. The van der Waals surface area contributed by atoms with Crippen LogP contribution in [0.25, 0.3) is 11.4 Å². The standard InChI is InChI=1S/C19H18N4O5S/c1-20-29(26,27)17-9-13(6-7-16(17)28-2)19(25)23-14-10-21-18(22-11-14)12-4-3-5-15(24)8-12/h3-11,20,24H,1-2H3,(H,23,25). The van der Waals surface area contributed by atoms with Crippen molar-refractivity contribution < 1.29 is 23.1 Å². The van der Waals surface area contributed by atoms with E-state index in [9.17, 15) is 18.3 Å². The van der Waals surface area contributed by atoms with Crippen LogP contribution in [0.1, 0.15) is 10.4 Å². The van der Waals surface area contributed by atoms with Crippen molar-refractivity contribution in [2.45, 2.75) is 4.90 Å². The van der Waals surface area contributed by atoms with Gasteiger partial charge >= 0.3 is 0 Å². The molecule has 150 valence electrons. The van der Waals surface area contributed by atoms with Gasteiger partial charge in [-0.3, -0.25) is 4.79 Å². The van der Waals surface area contributed by atoms with Crippen molar-refractivity contribution in [2.75, 3.05) is 19.5 Å². The Morgan fingerprint density at radius 3 is 2.45 bits per heavy atom. The zero-order valence-electron chi connectivity index (χ0n) is 15.6. The van der Waals surface area contributed by atoms with Crippen LogP contribution in [0.4, 0.5) is 5.69 Å². The van der Waals surface area contributed by atoms with E-state index >= 15 is 0 Å². The number of hydrogen-bond donors (Lipinski definition) is 3. The number of ether oxygens (including phenoxy) is 1. The summed E-state index contributed by atoms with van der Waals surface area (Å²) in [5.74, 6) is 0.0599. The quantitative estimate of drug-likeness (QED) is 0.562. The molecule has 0 fully saturated rings. The lowest BCUT2D eigenvalue weighted by Gasteiger charge is -2.11. The molecule has 1 aromatic heterocycles. The Labute approximate surface area is 167 Å². The number of amides is 1. The summed E-state index contributed by atoms with van der Waals surface area (Å²) in [6.45, 7) is 0. The SMILES string of the molecule is CNS(=O)(=O)c1cc(C(=O)Nc2cnc(-c3cccc(O)c3)nc2)ccc1OC. The van der Waals surface area contributed by atoms with Gasteiger partial charge in [0.15, 0.2) is 5.82 Å². The van der Waals surface area contributed by atoms with Crippen molar-refractivity contribution in [1.29, 1.82) is 0 Å². The molecule has 0 saturated heterocycles. The number of aromatic hydroxyl groups is 1. The predicted molar refractivity (Wildman–Crippen MR) is 106 cm³/mol. The van der Waals surface area contributed by atoms with Crippen LogP contribution < -0.4 is 14.8 Å². The molecule has 3 rings (SSSR count). The summed E-state index contributed by atoms with van der Waals surface area (Å²) in [5.41, 5.74) is 1.07. The average molecular weight is 414 g/mol. The average Bonchev–Trinajstić information content (AvgIpc) is 2.73. The van der Waals surface area contributed by atoms with E-state index in [0.717, 1.165) is 0 Å². The Bertz CT molecular complexity index is 1150. The minimum atomic E-state index is -3.81. The second-order valence-electron chi connectivity index (χ2n) is 5.87. The molecule has 10 heteroatoms. The van der Waals surface area contributed by atoms with Crippen molar-refractivity contribution in [2.24, 2.45) is 0 Å². The molecule has 0 radical (unpaired) electrons. The number of phenolic OH excluding ortho intramolecular Hbond substituents is 1. The summed E-state index contributed by atoms with van der Waals surface area (Å²) in [4.78, 5) is 20.7. The third-order valence-electron chi connectivity index (χ3n) is 4.00. The van der Waals surface area contributed by atoms with Gasteiger partial charge in [0.1, 0.15) is 16.4 Å². The second kappa shape index (κ2) is 8.25. The smallest absolute Gasteiger partial charge is 0.255 e. The third-order valence-corrected chi connectivity index (χ3v) is 5.43. The summed E-state index contributed by atoms with van der Waals surface area (Å²) in [6, 6.07) is 10.6. The first kappa shape index (κ1) is 20.2. The van der Waals surface area contributed by atoms with Gasteiger partial charge in [-0.15, -0.1) is 0 Å². The number of methoxy groups -OCH3 is 1. The molecule has 0 aliphatic rings. The highest BCUT2D eigenvalue weighted by atomic mass is 32.2. The van der Waals surface area contributed by atoms with Crippen molar-refractivity contribution in [3.05, 3.63) is 60.4 Å². The van der Waals surface area contributed by atoms with Crippen molar-refractivity contribution in [1.82, 2.24) is 14.7 Å². The van der Waals surface area contributed by atoms with Crippen molar-refractivity contribution >= 4 is 21.6 Å². The van der Waals surface area contributed by atoms with Gasteiger partial charge < -0.3 is 15.2 Å². The Balaban J connectivity index is 1.82. The van der Waals surface area contributed by atoms with E-state index in [0.29, 0.717) is 17.1 Å². The Hall–Kier alpha value is -3.50. The summed E-state index contributed by atoms with van der Waals surface area (Å²) in [6.07, 6.45) is 2.83. The Morgan fingerprint density at radius 2 is 1.83 bits per heavy atom. The highest BCUT2D eigenvalue weighted by molar-refractivity contribution is 7.89. The van der Waals surface area contributed by atoms with Crippen LogP contribution in [-0.2, 0) is 10.0 Å². The minimum Gasteiger partial charge on any atom is -0.508 e. The largest absolute Gasteiger partial charge is 0.508 e. The van der Waals surface area contributed by atoms with Crippen LogP contribution in [-0.4, -0.2) is 43.6 Å². The van der Waals surface area contributed by atoms with Gasteiger partial charge in [-0.05, 0) is 37.4 Å². The van der Waals surface area contributed by atoms with Gasteiger partial charge in [0.2, 0.25) is 10.0 Å². The molecule has 0 aliphatic heterocycles. The highest BCUT2D eigenvalue weighted by Crippen LogP contribution is 2.25. The summed E-state index contributed by atoms with van der Waals surface area (Å²) < 4.78 is 31.6. The summed E-state index contributed by atoms with van der Waals surface area (Å²) >= 11 is 0. The Morgan fingerprint density at radius 1 is 1.10 bits per heavy atom. The van der Waals surface area contributed by atoms with E-state index in [-0.39, 0.29) is 22.0 Å². The number of rotatable bonds is 6. The van der Waals surface area contributed by atoms with Crippen molar-refractivity contribution in [3.8, 4) is 22.9 Å². The van der Waals surface area contributed by atoms with Gasteiger partial charge in [-0.1, -0.05) is 12.1 Å². The van der Waals surface area contributed by atoms with Crippen LogP contribution in [0.5, 0.6) is 11.5 Å². The third kappa shape index (κ3) is 4.50. The van der Waals surface area contributed by atoms with E-state index in [1.807, 2.05) is 0 Å². The molecule has 2 aromatic carbocycles. The van der Waals surface area contributed by atoms with E-state index < -0.39 is 15.9 Å². The highest BCUT2D eigenvalue weighted by Gasteiger charge is 2.20. The van der Waals surface area contributed by atoms with Crippen LogP contribution in [0.15, 0.2) is 59.8 Å². The molecule has 3 aromatic rings. The normalized spacial score (nSPS) is 11.1. The molecule has 3 N–H and O–H groups in total. The maximum atomic E-state index is 12.5. The van der Waals surface area contributed by atoms with E-state index in [4.69, 9.17) is 4.74 Å². The molecule has 9 nitrogen and oxygen atoms in total. The predicted octanol–water partition coefficient (Wildman–Crippen LogP) is 2.02. The molecule has 0 unspecified atom stereocenters. The van der Waals surface area contributed by atoms with Gasteiger partial charge in [0.25, 0.3) is 5.91 Å². The maximum Gasteiger partial charge on any atom is 0.255 e. The number of sulfonamides is 1. The molecule has 1 heterocycles. The van der Waals surface area contributed by atoms with E-state index in [1.165, 1.54) is 56.9 Å². The van der Waals surface area contributed by atoms with Gasteiger partial charge in [0, 0.05) is 11.1 Å². The van der Waals surface area contributed by atoms with Crippen molar-refractivity contribution in [3.63, 3.8) is 0 Å². The van der Waals surface area contributed by atoms with Crippen LogP contribution in [0.3, 0.4) is 0 Å². The number of carbonyl (C=O) groups is 1. The summed E-state index contributed by atoms with van der Waals surface area (Å²) in [7, 11) is -1.20. The number of anilines is 1. The fourth-order valence-corrected chi connectivity index (χ4v) is 3.45. The monoisotopic (exact) mass is 414 g/mol. The van der Waals surface area contributed by atoms with Gasteiger partial charge in [-0.2, -0.15) is 0 Å². The second-order valence-corrected chi connectivity index (χ2v) is 7.73. The lowest BCUT2D eigenvalue weighted by Crippen LogP contribution is -2.20. The first-order valence-corrected chi connectivity index (χ1v) is 9.87. The molecule has 1 amide bonds. The molecule has 0 saturated carbocycles. The molecule has 0 bridgehead atoms. The lowest BCUT2D eigenvalue weighted by molar-refractivity contribution is 0.102. The number of hydrogen-bond acceptors (Lipinski definition) is 7. The lowest BCUT2D eigenvalue weighted by atomic mass is 10.2. The number of phenols is 1. The minimum absolute atomic E-state index is 0.0929. The molecule has 0 aliphatic carbocycles. The number of carbonyl (C=O) groups excluding carboxylic acids is 1. The number of benzene rings is 2. The van der Waals surface area contributed by atoms with Crippen LogP contribution in [0.2, 0.25) is 0 Å². The van der Waals surface area contributed by atoms with E-state index in [2.05, 4.69) is 20.0 Å². The number of aromatic nitrogens is 2. The topological polar surface area (TPSA) is 131 Å². The maximum absolute atomic E-state index is 12.5. The van der Waals surface area contributed by atoms with Gasteiger partial charge in [-0.25, -0.2) is 23.1 Å². The molecule has 29 heavy (non-hydrogen) atoms. The molecule has 0 atom stereocenters. The Kier molecular flexibility index (Phi) is 5.76. The van der Waals surface area contributed by atoms with Crippen LogP contribution in [0, 0.1) is 0 Å². The van der Waals surface area contributed by atoms with E-state index in [1.54, 1.807) is 12.1 Å². The fraction of sp³-hybridized carbons (Fsp3) is 0.105. The molecular formula is C19H18N4O5S. The number of nitrogens with one attached hydrogen (secondary N) is 2. The molecule has 0 spiro atoms. The fourth-order valence-electron chi connectivity index (χ4n) is 2.53. The zero-order valence-corrected chi connectivity index (χ0v) is 16.4. The van der Waals surface area contributed by atoms with Crippen LogP contribution >= 0.6 is 0 Å². The first-order valence-electron chi connectivity index (χ1n) is 8.38. The summed E-state index contributed by atoms with van der Waals surface area (Å²) in [5, 5.41) is 12.2. The van der Waals surface area contributed by atoms with Gasteiger partial charge in [0.05, 0.1) is 25.2 Å². The first-order chi connectivity index (χ1) is 13.8.